The molecule has 1 aliphatic heterocycles. The summed E-state index contributed by atoms with van der Waals surface area (Å²) in [6.07, 6.45) is 5.51. The van der Waals surface area contributed by atoms with Gasteiger partial charge in [0.25, 0.3) is 0 Å². The van der Waals surface area contributed by atoms with Gasteiger partial charge in [-0.3, -0.25) is 9.48 Å². The lowest BCUT2D eigenvalue weighted by molar-refractivity contribution is -0.132. The highest BCUT2D eigenvalue weighted by atomic mass is 16.2. The average molecular weight is 289 g/mol. The molecule has 1 aliphatic rings. The minimum Gasteiger partial charge on any atom is -0.343 e. The second-order valence-electron chi connectivity index (χ2n) is 6.18. The monoisotopic (exact) mass is 289 g/mol. The highest BCUT2D eigenvalue weighted by molar-refractivity contribution is 5.76. The lowest BCUT2D eigenvalue weighted by atomic mass is 9.98. The fourth-order valence-electron chi connectivity index (χ4n) is 3.04. The summed E-state index contributed by atoms with van der Waals surface area (Å²) in [7, 11) is 0. The number of carbonyl (C=O) groups excluding carboxylic acids is 1. The van der Waals surface area contributed by atoms with E-state index in [1.807, 2.05) is 22.6 Å². The van der Waals surface area contributed by atoms with Crippen LogP contribution in [0.3, 0.4) is 0 Å². The first-order valence-electron chi connectivity index (χ1n) is 7.94. The fraction of sp³-hybridized carbons (Fsp3) is 0.647. The van der Waals surface area contributed by atoms with Crippen molar-refractivity contribution in [3.63, 3.8) is 0 Å². The minimum absolute atomic E-state index is 0.289. The zero-order valence-electron chi connectivity index (χ0n) is 13.6. The first-order chi connectivity index (χ1) is 10.0. The van der Waals surface area contributed by atoms with Gasteiger partial charge in [0.05, 0.1) is 12.2 Å². The molecular weight excluding hydrogens is 262 g/mol. The molecule has 116 valence electrons. The van der Waals surface area contributed by atoms with E-state index in [1.165, 1.54) is 5.56 Å². The van der Waals surface area contributed by atoms with Gasteiger partial charge in [-0.25, -0.2) is 0 Å². The summed E-state index contributed by atoms with van der Waals surface area (Å²) in [6, 6.07) is 0. The molecular formula is C17H27N3O. The standard InChI is InChI=1S/C17H27N3O/c1-5-10-20-15(4)16(14(3)18-20)6-7-17(21)19-11-8-13(2)9-12-19/h5,13H,1,6-12H2,2-4H3. The lowest BCUT2D eigenvalue weighted by Gasteiger charge is -2.30. The minimum atomic E-state index is 0.289. The molecule has 2 rings (SSSR count). The van der Waals surface area contributed by atoms with Crippen LogP contribution in [0.2, 0.25) is 0 Å². The molecule has 0 unspecified atom stereocenters. The van der Waals surface area contributed by atoms with Crippen molar-refractivity contribution in [3.05, 3.63) is 29.6 Å². The maximum absolute atomic E-state index is 12.3. The number of hydrogen-bond acceptors (Lipinski definition) is 2. The number of nitrogens with zero attached hydrogens (tertiary/aromatic N) is 3. The van der Waals surface area contributed by atoms with Crippen LogP contribution in [0.4, 0.5) is 0 Å². The number of likely N-dealkylation sites (tertiary alicyclic amines) is 1. The number of allylic oxidation sites excluding steroid dienone is 1. The van der Waals surface area contributed by atoms with Gasteiger partial charge in [0.15, 0.2) is 0 Å². The number of hydrogen-bond donors (Lipinski definition) is 0. The topological polar surface area (TPSA) is 38.1 Å². The maximum atomic E-state index is 12.3. The van der Waals surface area contributed by atoms with Crippen LogP contribution in [0.25, 0.3) is 0 Å². The van der Waals surface area contributed by atoms with Crippen LogP contribution in [0.5, 0.6) is 0 Å². The van der Waals surface area contributed by atoms with Crippen LogP contribution in [0.1, 0.15) is 43.1 Å². The zero-order chi connectivity index (χ0) is 15.4. The van der Waals surface area contributed by atoms with Gasteiger partial charge < -0.3 is 4.90 Å². The van der Waals surface area contributed by atoms with Crippen LogP contribution in [-0.2, 0) is 17.8 Å². The highest BCUT2D eigenvalue weighted by Gasteiger charge is 2.21. The normalized spacial score (nSPS) is 16.2. The molecule has 0 saturated carbocycles. The van der Waals surface area contributed by atoms with Gasteiger partial charge in [-0.1, -0.05) is 13.0 Å². The second kappa shape index (κ2) is 6.92. The Morgan fingerprint density at radius 1 is 1.38 bits per heavy atom. The molecule has 0 atom stereocenters. The van der Waals surface area contributed by atoms with E-state index in [0.29, 0.717) is 6.42 Å². The van der Waals surface area contributed by atoms with Crippen LogP contribution < -0.4 is 0 Å². The Morgan fingerprint density at radius 3 is 2.67 bits per heavy atom. The highest BCUT2D eigenvalue weighted by Crippen LogP contribution is 2.19. The first kappa shape index (κ1) is 15.8. The Bertz CT molecular complexity index is 510. The van der Waals surface area contributed by atoms with Crippen molar-refractivity contribution < 1.29 is 4.79 Å². The molecule has 0 aromatic carbocycles. The van der Waals surface area contributed by atoms with Gasteiger partial charge in [-0.15, -0.1) is 6.58 Å². The van der Waals surface area contributed by atoms with Crippen LogP contribution in [0.15, 0.2) is 12.7 Å². The van der Waals surface area contributed by atoms with E-state index in [9.17, 15) is 4.79 Å². The summed E-state index contributed by atoms with van der Waals surface area (Å²) in [4.78, 5) is 14.3. The molecule has 0 spiro atoms. The number of aromatic nitrogens is 2. The summed E-state index contributed by atoms with van der Waals surface area (Å²) < 4.78 is 1.96. The zero-order valence-corrected chi connectivity index (χ0v) is 13.6. The van der Waals surface area contributed by atoms with E-state index >= 15 is 0 Å². The van der Waals surface area contributed by atoms with Crippen LogP contribution >= 0.6 is 0 Å². The SMILES string of the molecule is C=CCn1nc(C)c(CCC(=O)N2CCC(C)CC2)c1C. The van der Waals surface area contributed by atoms with Gasteiger partial charge in [0, 0.05) is 25.2 Å². The second-order valence-corrected chi connectivity index (χ2v) is 6.18. The molecule has 1 saturated heterocycles. The van der Waals surface area contributed by atoms with E-state index in [4.69, 9.17) is 0 Å². The molecule has 0 radical (unpaired) electrons. The van der Waals surface area contributed by atoms with Gasteiger partial charge in [0.1, 0.15) is 0 Å². The van der Waals surface area contributed by atoms with Crippen LogP contribution in [-0.4, -0.2) is 33.7 Å². The van der Waals surface area contributed by atoms with Crippen molar-refractivity contribution in [2.45, 2.75) is 53.0 Å². The van der Waals surface area contributed by atoms with Crippen LogP contribution in [0, 0.1) is 19.8 Å². The molecule has 1 aromatic rings. The molecule has 1 aromatic heterocycles. The van der Waals surface area contributed by atoms with E-state index < -0.39 is 0 Å². The summed E-state index contributed by atoms with van der Waals surface area (Å²) in [5, 5.41) is 4.52. The number of carbonyl (C=O) groups is 1. The smallest absolute Gasteiger partial charge is 0.222 e. The summed E-state index contributed by atoms with van der Waals surface area (Å²) in [5.41, 5.74) is 3.41. The third-order valence-electron chi connectivity index (χ3n) is 4.56. The van der Waals surface area contributed by atoms with Crippen molar-refractivity contribution >= 4 is 5.91 Å². The van der Waals surface area contributed by atoms with E-state index in [0.717, 1.165) is 56.2 Å². The molecule has 0 bridgehead atoms. The number of piperidine rings is 1. The molecule has 4 heteroatoms. The predicted octanol–water partition coefficient (Wildman–Crippen LogP) is 2.88. The van der Waals surface area contributed by atoms with Gasteiger partial charge in [0.2, 0.25) is 5.91 Å². The summed E-state index contributed by atoms with van der Waals surface area (Å²) in [5.74, 6) is 1.05. The largest absolute Gasteiger partial charge is 0.343 e. The molecule has 1 amide bonds. The van der Waals surface area contributed by atoms with Crippen molar-refractivity contribution in [1.29, 1.82) is 0 Å². The number of amides is 1. The Morgan fingerprint density at radius 2 is 2.05 bits per heavy atom. The lowest BCUT2D eigenvalue weighted by Crippen LogP contribution is -2.38. The third kappa shape index (κ3) is 3.74. The Hall–Kier alpha value is -1.58. The molecule has 1 fully saturated rings. The maximum Gasteiger partial charge on any atom is 0.222 e. The average Bonchev–Trinajstić information content (AvgIpc) is 2.72. The van der Waals surface area contributed by atoms with E-state index in [1.54, 1.807) is 0 Å². The Kier molecular flexibility index (Phi) is 5.21. The van der Waals surface area contributed by atoms with E-state index in [2.05, 4.69) is 25.5 Å². The summed E-state index contributed by atoms with van der Waals surface area (Å²) >= 11 is 0. The first-order valence-corrected chi connectivity index (χ1v) is 7.94. The molecule has 0 aliphatic carbocycles. The quantitative estimate of drug-likeness (QED) is 0.782. The van der Waals surface area contributed by atoms with Crippen molar-refractivity contribution in [3.8, 4) is 0 Å². The summed E-state index contributed by atoms with van der Waals surface area (Å²) in [6.45, 7) is 12.7. The van der Waals surface area contributed by atoms with Gasteiger partial charge in [-0.2, -0.15) is 5.10 Å². The van der Waals surface area contributed by atoms with E-state index in [-0.39, 0.29) is 5.91 Å². The molecule has 2 heterocycles. The Balaban J connectivity index is 1.93. The fourth-order valence-corrected chi connectivity index (χ4v) is 3.04. The molecule has 0 N–H and O–H groups in total. The van der Waals surface area contributed by atoms with Crippen molar-refractivity contribution in [1.82, 2.24) is 14.7 Å². The van der Waals surface area contributed by atoms with Gasteiger partial charge in [-0.05, 0) is 44.6 Å². The number of aryl methyl sites for hydroxylation is 1. The third-order valence-corrected chi connectivity index (χ3v) is 4.56. The Labute approximate surface area is 127 Å². The predicted molar refractivity (Wildman–Crippen MR) is 85.2 cm³/mol. The van der Waals surface area contributed by atoms with Crippen molar-refractivity contribution in [2.24, 2.45) is 5.92 Å². The van der Waals surface area contributed by atoms with Gasteiger partial charge >= 0.3 is 0 Å². The van der Waals surface area contributed by atoms with Crippen molar-refractivity contribution in [2.75, 3.05) is 13.1 Å². The molecule has 21 heavy (non-hydrogen) atoms. The number of rotatable bonds is 5. The molecule has 4 nitrogen and oxygen atoms in total.